The maximum Gasteiger partial charge on any atom is 0.312 e. The van der Waals surface area contributed by atoms with Gasteiger partial charge >= 0.3 is 5.97 Å². The molecule has 0 aromatic heterocycles. The summed E-state index contributed by atoms with van der Waals surface area (Å²) >= 11 is 6.55. The second-order valence-corrected chi connectivity index (χ2v) is 10.1. The molecule has 1 fully saturated rings. The van der Waals surface area contributed by atoms with Gasteiger partial charge in [-0.3, -0.25) is 4.79 Å². The lowest BCUT2D eigenvalue weighted by atomic mass is 9.77. The number of hydrogen-bond donors (Lipinski definition) is 0. The summed E-state index contributed by atoms with van der Waals surface area (Å²) < 4.78 is 5.20. The number of rotatable bonds is 4. The Hall–Kier alpha value is -2.41. The van der Waals surface area contributed by atoms with Crippen molar-refractivity contribution in [1.82, 2.24) is 0 Å². The van der Waals surface area contributed by atoms with Gasteiger partial charge in [-0.2, -0.15) is 0 Å². The zero-order valence-corrected chi connectivity index (χ0v) is 18.5. The molecule has 1 aliphatic heterocycles. The zero-order valence-electron chi connectivity index (χ0n) is 16.9. The molecule has 2 atom stereocenters. The van der Waals surface area contributed by atoms with Gasteiger partial charge in [-0.25, -0.2) is 0 Å². The third-order valence-corrected chi connectivity index (χ3v) is 9.34. The summed E-state index contributed by atoms with van der Waals surface area (Å²) in [7, 11) is 0.725. The van der Waals surface area contributed by atoms with Gasteiger partial charge in [-0.15, -0.1) is 0 Å². The molecule has 2 nitrogen and oxygen atoms in total. The van der Waals surface area contributed by atoms with Crippen LogP contribution in [-0.2, 0) is 14.7 Å². The fourth-order valence-electron chi connectivity index (χ4n) is 4.63. The first-order valence-corrected chi connectivity index (χ1v) is 12.0. The van der Waals surface area contributed by atoms with Crippen LogP contribution in [0.5, 0.6) is 0 Å². The second kappa shape index (κ2) is 9.16. The van der Waals surface area contributed by atoms with Crippen LogP contribution in [-0.4, -0.2) is 19.2 Å². The summed E-state index contributed by atoms with van der Waals surface area (Å²) in [6.45, 7) is 0. The van der Waals surface area contributed by atoms with E-state index in [9.17, 15) is 4.79 Å². The van der Waals surface area contributed by atoms with Crippen LogP contribution in [0.1, 0.15) is 17.5 Å². The summed E-state index contributed by atoms with van der Waals surface area (Å²) in [5.41, 5.74) is 4.88. The summed E-state index contributed by atoms with van der Waals surface area (Å²) in [6, 6.07) is 31.6. The molecule has 0 aliphatic carbocycles. The fourth-order valence-corrected chi connectivity index (χ4v) is 8.51. The number of methoxy groups -OCH3 is 1. The molecule has 0 N–H and O–H groups in total. The van der Waals surface area contributed by atoms with E-state index < -0.39 is 13.1 Å². The van der Waals surface area contributed by atoms with Gasteiger partial charge in [0.05, 0.1) is 18.2 Å². The Bertz CT molecular complexity index is 979. The van der Waals surface area contributed by atoms with Crippen LogP contribution in [0, 0.1) is 5.92 Å². The zero-order chi connectivity index (χ0) is 21.0. The molecule has 30 heavy (non-hydrogen) atoms. The topological polar surface area (TPSA) is 26.3 Å². The molecule has 4 heteroatoms. The van der Waals surface area contributed by atoms with Crippen LogP contribution in [0.15, 0.2) is 102 Å². The lowest BCUT2D eigenvalue weighted by Gasteiger charge is -2.49. The molecule has 1 aliphatic rings. The molecule has 0 saturated carbocycles. The van der Waals surface area contributed by atoms with Gasteiger partial charge in [-0.05, 0) is 34.6 Å². The largest absolute Gasteiger partial charge is 0.469 e. The van der Waals surface area contributed by atoms with Gasteiger partial charge in [0.15, 0.2) is 0 Å². The Balaban J connectivity index is 2.06. The normalized spacial score (nSPS) is 21.9. The highest BCUT2D eigenvalue weighted by molar-refractivity contribution is 7.67. The summed E-state index contributed by atoms with van der Waals surface area (Å²) in [5.74, 6) is -0.587. The molecule has 152 valence electrons. The highest BCUT2D eigenvalue weighted by Gasteiger charge is 2.52. The van der Waals surface area contributed by atoms with Crippen LogP contribution < -0.4 is 5.30 Å². The molecule has 1 saturated heterocycles. The van der Waals surface area contributed by atoms with Crippen LogP contribution in [0.4, 0.5) is 0 Å². The minimum atomic E-state index is -0.729. The lowest BCUT2D eigenvalue weighted by molar-refractivity contribution is -0.144. The fraction of sp³-hybridized carbons (Fsp3) is 0.192. The van der Waals surface area contributed by atoms with E-state index in [0.717, 1.165) is 29.3 Å². The molecule has 3 aromatic rings. The van der Waals surface area contributed by atoms with Crippen molar-refractivity contribution in [3.63, 3.8) is 0 Å². The quantitative estimate of drug-likeness (QED) is 0.369. The minimum Gasteiger partial charge on any atom is -0.469 e. The maximum absolute atomic E-state index is 12.8. The first kappa shape index (κ1) is 20.8. The van der Waals surface area contributed by atoms with Crippen molar-refractivity contribution in [2.75, 3.05) is 13.3 Å². The van der Waals surface area contributed by atoms with Crippen molar-refractivity contribution >= 4 is 30.8 Å². The van der Waals surface area contributed by atoms with Crippen molar-refractivity contribution in [2.45, 2.75) is 11.6 Å². The Morgan fingerprint density at radius 1 is 0.933 bits per heavy atom. The molecule has 3 aromatic carbocycles. The number of carbonyl (C=O) groups excluding carboxylic acids is 1. The van der Waals surface area contributed by atoms with Gasteiger partial charge in [0.1, 0.15) is 0 Å². The SMILES string of the molecule is COC(=O)C1CCP(c2ccccc2)C(c2ccccc2)(c2ccccc2)C1=CCl. The van der Waals surface area contributed by atoms with E-state index in [-0.39, 0.29) is 11.9 Å². The lowest BCUT2D eigenvalue weighted by Crippen LogP contribution is -2.42. The number of carbonyl (C=O) groups is 1. The standard InChI is InChI=1S/C26H24ClO2P/c1-29-25(28)23-17-18-30(22-15-9-4-10-16-22)26(24(23)19-27,20-11-5-2-6-12-20)21-13-7-3-8-14-21/h2-16,19,23H,17-18H2,1H3. The van der Waals surface area contributed by atoms with E-state index in [1.165, 1.54) is 12.4 Å². The van der Waals surface area contributed by atoms with Crippen LogP contribution >= 0.6 is 19.5 Å². The Labute approximate surface area is 184 Å². The van der Waals surface area contributed by atoms with Gasteiger partial charge in [0, 0.05) is 5.54 Å². The van der Waals surface area contributed by atoms with Crippen LogP contribution in [0.2, 0.25) is 0 Å². The van der Waals surface area contributed by atoms with Crippen LogP contribution in [0.25, 0.3) is 0 Å². The summed E-state index contributed by atoms with van der Waals surface area (Å²) in [6.07, 6.45) is 1.64. The van der Waals surface area contributed by atoms with Crippen molar-refractivity contribution in [3.8, 4) is 0 Å². The van der Waals surface area contributed by atoms with E-state index in [0.29, 0.717) is 0 Å². The second-order valence-electron chi connectivity index (χ2n) is 7.36. The summed E-state index contributed by atoms with van der Waals surface area (Å²) in [4.78, 5) is 12.8. The first-order chi connectivity index (χ1) is 14.7. The van der Waals surface area contributed by atoms with Crippen molar-refractivity contribution in [3.05, 3.63) is 113 Å². The maximum atomic E-state index is 12.8. The minimum absolute atomic E-state index is 0.221. The molecule has 4 rings (SSSR count). The molecule has 2 unspecified atom stereocenters. The average molecular weight is 435 g/mol. The molecule has 0 amide bonds. The van der Waals surface area contributed by atoms with Crippen molar-refractivity contribution in [1.29, 1.82) is 0 Å². The number of hydrogen-bond acceptors (Lipinski definition) is 2. The van der Waals surface area contributed by atoms with E-state index in [1.807, 2.05) is 18.2 Å². The summed E-state index contributed by atoms with van der Waals surface area (Å²) in [5, 5.41) is 0.803. The van der Waals surface area contributed by atoms with Gasteiger partial charge < -0.3 is 4.74 Å². The van der Waals surface area contributed by atoms with E-state index in [2.05, 4.69) is 72.8 Å². The Morgan fingerprint density at radius 2 is 1.43 bits per heavy atom. The third-order valence-electron chi connectivity index (χ3n) is 5.89. The van der Waals surface area contributed by atoms with E-state index >= 15 is 0 Å². The predicted molar refractivity (Wildman–Crippen MR) is 126 cm³/mol. The number of ether oxygens (including phenoxy) is 1. The predicted octanol–water partition coefficient (Wildman–Crippen LogP) is 6.05. The highest BCUT2D eigenvalue weighted by atomic mass is 35.5. The van der Waals surface area contributed by atoms with Gasteiger partial charge in [-0.1, -0.05) is 111 Å². The van der Waals surface area contributed by atoms with E-state index in [1.54, 1.807) is 5.54 Å². The first-order valence-electron chi connectivity index (χ1n) is 10.1. The van der Waals surface area contributed by atoms with Crippen molar-refractivity contribution < 1.29 is 9.53 Å². The number of esters is 1. The molecular formula is C26H24ClO2P. The Morgan fingerprint density at radius 3 is 1.90 bits per heavy atom. The average Bonchev–Trinajstić information content (AvgIpc) is 2.84. The Kier molecular flexibility index (Phi) is 6.37. The van der Waals surface area contributed by atoms with Gasteiger partial charge in [0.2, 0.25) is 0 Å². The van der Waals surface area contributed by atoms with Gasteiger partial charge in [0.25, 0.3) is 0 Å². The van der Waals surface area contributed by atoms with Crippen molar-refractivity contribution in [2.24, 2.45) is 5.92 Å². The monoisotopic (exact) mass is 434 g/mol. The molecule has 0 bridgehead atoms. The molecular weight excluding hydrogens is 411 g/mol. The number of halogens is 1. The molecule has 0 radical (unpaired) electrons. The molecule has 0 spiro atoms. The number of benzene rings is 3. The van der Waals surface area contributed by atoms with E-state index in [4.69, 9.17) is 16.3 Å². The third kappa shape index (κ3) is 3.49. The molecule has 1 heterocycles. The highest BCUT2D eigenvalue weighted by Crippen LogP contribution is 2.67. The smallest absolute Gasteiger partial charge is 0.312 e. The van der Waals surface area contributed by atoms with Crippen LogP contribution in [0.3, 0.4) is 0 Å².